The Morgan fingerprint density at radius 2 is 2.12 bits per heavy atom. The summed E-state index contributed by atoms with van der Waals surface area (Å²) >= 11 is 3.36. The van der Waals surface area contributed by atoms with Crippen molar-refractivity contribution in [3.8, 4) is 5.75 Å². The van der Waals surface area contributed by atoms with Gasteiger partial charge in [0.1, 0.15) is 5.78 Å². The summed E-state index contributed by atoms with van der Waals surface area (Å²) in [6.07, 6.45) is 0.535. The molecule has 0 aromatic heterocycles. The van der Waals surface area contributed by atoms with Gasteiger partial charge in [-0.25, -0.2) is 4.39 Å². The normalized spacial score (nSPS) is 12.6. The molecule has 0 N–H and O–H groups in total. The predicted octanol–water partition coefficient (Wildman–Crippen LogP) is 3.37. The van der Waals surface area contributed by atoms with Crippen LogP contribution in [0.3, 0.4) is 0 Å². The van der Waals surface area contributed by atoms with Crippen LogP contribution < -0.4 is 4.74 Å². The molecule has 0 saturated heterocycles. The highest BCUT2D eigenvalue weighted by Crippen LogP contribution is 2.21. The number of rotatable bonds is 5. The Kier molecular flexibility index (Phi) is 5.12. The fraction of sp³-hybridized carbons (Fsp3) is 0.462. The van der Waals surface area contributed by atoms with Crippen LogP contribution in [0.4, 0.5) is 4.39 Å². The lowest BCUT2D eigenvalue weighted by molar-refractivity contribution is -0.121. The van der Waals surface area contributed by atoms with Crippen LogP contribution in [-0.4, -0.2) is 17.7 Å². The van der Waals surface area contributed by atoms with E-state index in [0.717, 1.165) is 5.56 Å². The van der Waals surface area contributed by atoms with Gasteiger partial charge >= 0.3 is 0 Å². The molecule has 0 amide bonds. The molecule has 0 radical (unpaired) electrons. The van der Waals surface area contributed by atoms with E-state index in [1.807, 2.05) is 13.8 Å². The van der Waals surface area contributed by atoms with E-state index in [9.17, 15) is 9.18 Å². The van der Waals surface area contributed by atoms with E-state index in [-0.39, 0.29) is 22.3 Å². The Morgan fingerprint density at radius 3 is 2.65 bits per heavy atom. The van der Waals surface area contributed by atoms with Crippen molar-refractivity contribution >= 4 is 21.7 Å². The van der Waals surface area contributed by atoms with Crippen molar-refractivity contribution in [1.82, 2.24) is 0 Å². The largest absolute Gasteiger partial charge is 0.494 e. The van der Waals surface area contributed by atoms with Crippen molar-refractivity contribution < 1.29 is 13.9 Å². The van der Waals surface area contributed by atoms with Gasteiger partial charge in [0.05, 0.1) is 11.9 Å². The Balaban J connectivity index is 2.78. The molecule has 1 rings (SSSR count). The second kappa shape index (κ2) is 6.15. The lowest BCUT2D eigenvalue weighted by Crippen LogP contribution is -2.21. The first-order valence-electron chi connectivity index (χ1n) is 5.46. The summed E-state index contributed by atoms with van der Waals surface area (Å²) in [6.45, 7) is 3.73. The molecular formula is C13H16BrFO2. The van der Waals surface area contributed by atoms with Crippen LogP contribution in [0.2, 0.25) is 0 Å². The summed E-state index contributed by atoms with van der Waals surface area (Å²) in [7, 11) is 1.42. The predicted molar refractivity (Wildman–Crippen MR) is 69.2 cm³/mol. The molecule has 0 spiro atoms. The number of halogens is 2. The Labute approximate surface area is 109 Å². The minimum Gasteiger partial charge on any atom is -0.494 e. The second-order valence-corrected chi connectivity index (χ2v) is 5.30. The number of carbonyl (C=O) groups is 1. The molecule has 0 heterocycles. The average Bonchev–Trinajstić information content (AvgIpc) is 2.30. The number of hydrogen-bond donors (Lipinski definition) is 0. The fourth-order valence-electron chi connectivity index (χ4n) is 1.50. The number of methoxy groups -OCH3 is 1. The smallest absolute Gasteiger partial charge is 0.165 e. The number of alkyl halides is 1. The SMILES string of the molecule is COc1cc(CC(Br)C(=O)C(C)C)ccc1F. The molecule has 1 unspecified atom stereocenters. The molecule has 0 saturated carbocycles. The summed E-state index contributed by atoms with van der Waals surface area (Å²) < 4.78 is 18.1. The quantitative estimate of drug-likeness (QED) is 0.780. The highest BCUT2D eigenvalue weighted by Gasteiger charge is 2.19. The molecule has 1 aromatic carbocycles. The van der Waals surface area contributed by atoms with Crippen LogP contribution in [0.25, 0.3) is 0 Å². The lowest BCUT2D eigenvalue weighted by atomic mass is 10.0. The van der Waals surface area contributed by atoms with Crippen LogP contribution in [0.15, 0.2) is 18.2 Å². The zero-order valence-electron chi connectivity index (χ0n) is 10.2. The third-order valence-corrected chi connectivity index (χ3v) is 3.28. The molecular weight excluding hydrogens is 287 g/mol. The van der Waals surface area contributed by atoms with E-state index < -0.39 is 5.82 Å². The van der Waals surface area contributed by atoms with Crippen LogP contribution in [0, 0.1) is 11.7 Å². The van der Waals surface area contributed by atoms with Gasteiger partial charge in [0.2, 0.25) is 0 Å². The van der Waals surface area contributed by atoms with Gasteiger partial charge in [0.15, 0.2) is 11.6 Å². The van der Waals surface area contributed by atoms with Crippen molar-refractivity contribution in [2.45, 2.75) is 25.1 Å². The lowest BCUT2D eigenvalue weighted by Gasteiger charge is -2.12. The van der Waals surface area contributed by atoms with E-state index in [4.69, 9.17) is 4.74 Å². The summed E-state index contributed by atoms with van der Waals surface area (Å²) in [5.41, 5.74) is 0.874. The molecule has 94 valence electrons. The van der Waals surface area contributed by atoms with Gasteiger partial charge in [-0.05, 0) is 24.1 Å². The first kappa shape index (κ1) is 14.2. The van der Waals surface area contributed by atoms with Gasteiger partial charge in [-0.2, -0.15) is 0 Å². The van der Waals surface area contributed by atoms with E-state index in [1.54, 1.807) is 12.1 Å². The summed E-state index contributed by atoms with van der Waals surface area (Å²) in [5, 5.41) is 0. The standard InChI is InChI=1S/C13H16BrFO2/c1-8(2)13(16)10(14)6-9-4-5-11(15)12(7-9)17-3/h4-5,7-8,10H,6H2,1-3H3. The monoisotopic (exact) mass is 302 g/mol. The number of benzene rings is 1. The molecule has 2 nitrogen and oxygen atoms in total. The zero-order chi connectivity index (χ0) is 13.0. The third-order valence-electron chi connectivity index (χ3n) is 2.51. The molecule has 0 bridgehead atoms. The average molecular weight is 303 g/mol. The molecule has 4 heteroatoms. The van der Waals surface area contributed by atoms with E-state index >= 15 is 0 Å². The molecule has 0 fully saturated rings. The maximum atomic E-state index is 13.2. The van der Waals surface area contributed by atoms with Gasteiger partial charge in [-0.15, -0.1) is 0 Å². The number of ketones is 1. The van der Waals surface area contributed by atoms with E-state index in [2.05, 4.69) is 15.9 Å². The van der Waals surface area contributed by atoms with Crippen molar-refractivity contribution in [2.24, 2.45) is 5.92 Å². The topological polar surface area (TPSA) is 26.3 Å². The third kappa shape index (κ3) is 3.80. The van der Waals surface area contributed by atoms with Gasteiger partial charge in [0.25, 0.3) is 0 Å². The van der Waals surface area contributed by atoms with Crippen LogP contribution in [0.1, 0.15) is 19.4 Å². The fourth-order valence-corrected chi connectivity index (χ4v) is 2.40. The Morgan fingerprint density at radius 1 is 1.47 bits per heavy atom. The molecule has 1 atom stereocenters. The summed E-state index contributed by atoms with van der Waals surface area (Å²) in [4.78, 5) is 11.5. The maximum absolute atomic E-state index is 13.2. The van der Waals surface area contributed by atoms with Gasteiger partial charge < -0.3 is 4.74 Å². The van der Waals surface area contributed by atoms with Crippen LogP contribution in [0.5, 0.6) is 5.75 Å². The van der Waals surface area contributed by atoms with Gasteiger partial charge in [-0.1, -0.05) is 35.8 Å². The maximum Gasteiger partial charge on any atom is 0.165 e. The van der Waals surface area contributed by atoms with Crippen LogP contribution >= 0.6 is 15.9 Å². The van der Waals surface area contributed by atoms with Gasteiger partial charge in [-0.3, -0.25) is 4.79 Å². The second-order valence-electron chi connectivity index (χ2n) is 4.20. The van der Waals surface area contributed by atoms with Crippen molar-refractivity contribution in [2.75, 3.05) is 7.11 Å². The summed E-state index contributed by atoms with van der Waals surface area (Å²) in [5.74, 6) is -0.0493. The van der Waals surface area contributed by atoms with E-state index in [0.29, 0.717) is 6.42 Å². The molecule has 0 aliphatic carbocycles. The molecule has 0 aliphatic heterocycles. The highest BCUT2D eigenvalue weighted by atomic mass is 79.9. The van der Waals surface area contributed by atoms with Crippen molar-refractivity contribution in [3.63, 3.8) is 0 Å². The summed E-state index contributed by atoms with van der Waals surface area (Å²) in [6, 6.07) is 4.64. The van der Waals surface area contributed by atoms with E-state index in [1.165, 1.54) is 13.2 Å². The van der Waals surface area contributed by atoms with Crippen LogP contribution in [-0.2, 0) is 11.2 Å². The first-order valence-corrected chi connectivity index (χ1v) is 6.37. The highest BCUT2D eigenvalue weighted by molar-refractivity contribution is 9.10. The minimum absolute atomic E-state index is 0.0123. The number of hydrogen-bond acceptors (Lipinski definition) is 2. The zero-order valence-corrected chi connectivity index (χ0v) is 11.8. The number of ether oxygens (including phenoxy) is 1. The van der Waals surface area contributed by atoms with Crippen molar-refractivity contribution in [1.29, 1.82) is 0 Å². The number of carbonyl (C=O) groups excluding carboxylic acids is 1. The van der Waals surface area contributed by atoms with Gasteiger partial charge in [0, 0.05) is 5.92 Å². The first-order chi connectivity index (χ1) is 7.95. The molecule has 0 aliphatic rings. The Bertz CT molecular complexity index is 404. The Hall–Kier alpha value is -0.900. The van der Waals surface area contributed by atoms with Crippen molar-refractivity contribution in [3.05, 3.63) is 29.6 Å². The number of Topliss-reactive ketones (excluding diaryl/α,β-unsaturated/α-hetero) is 1. The molecule has 1 aromatic rings. The minimum atomic E-state index is -0.391. The molecule has 17 heavy (non-hydrogen) atoms.